The number of rotatable bonds is 6. The van der Waals surface area contributed by atoms with Crippen molar-refractivity contribution >= 4 is 28.9 Å². The van der Waals surface area contributed by atoms with E-state index < -0.39 is 0 Å². The number of nitrogens with one attached hydrogen (secondary N) is 1. The second-order valence-electron chi connectivity index (χ2n) is 4.84. The smallest absolute Gasteiger partial charge is 0.124 e. The summed E-state index contributed by atoms with van der Waals surface area (Å²) < 4.78 is 10.7. The molecule has 0 heterocycles. The molecule has 0 aliphatic rings. The Morgan fingerprint density at radius 2 is 1.96 bits per heavy atom. The standard InChI is InChI=1S/C17H16Cl2N2O2/c1-22-10-16(13-8-12(18)4-6-17(13)23-2)21-15-5-3-11(9-20)7-14(15)19/h3-8,16,21H,10H2,1-2H3/t16-/m0/s1. The normalized spacial score (nSPS) is 11.6. The third-order valence-electron chi connectivity index (χ3n) is 3.33. The van der Waals surface area contributed by atoms with Crippen LogP contribution in [0.2, 0.25) is 10.0 Å². The highest BCUT2D eigenvalue weighted by Crippen LogP contribution is 2.33. The first-order valence-corrected chi connectivity index (χ1v) is 7.63. The molecule has 0 fully saturated rings. The topological polar surface area (TPSA) is 54.3 Å². The summed E-state index contributed by atoms with van der Waals surface area (Å²) in [7, 11) is 3.22. The molecule has 120 valence electrons. The molecule has 6 heteroatoms. The molecule has 0 unspecified atom stereocenters. The van der Waals surface area contributed by atoms with Crippen LogP contribution in [0.15, 0.2) is 36.4 Å². The molecule has 0 spiro atoms. The lowest BCUT2D eigenvalue weighted by Gasteiger charge is -2.22. The van der Waals surface area contributed by atoms with E-state index in [4.69, 9.17) is 37.9 Å². The Bertz CT molecular complexity index is 729. The number of methoxy groups -OCH3 is 2. The van der Waals surface area contributed by atoms with Crippen molar-refractivity contribution in [3.8, 4) is 11.8 Å². The number of benzene rings is 2. The molecule has 2 rings (SSSR count). The first kappa shape index (κ1) is 17.4. The van der Waals surface area contributed by atoms with Gasteiger partial charge in [-0.05, 0) is 36.4 Å². The van der Waals surface area contributed by atoms with E-state index in [1.165, 1.54) is 0 Å². The van der Waals surface area contributed by atoms with Crippen LogP contribution >= 0.6 is 23.2 Å². The van der Waals surface area contributed by atoms with E-state index >= 15 is 0 Å². The number of hydrogen-bond donors (Lipinski definition) is 1. The lowest BCUT2D eigenvalue weighted by molar-refractivity contribution is 0.185. The highest BCUT2D eigenvalue weighted by atomic mass is 35.5. The van der Waals surface area contributed by atoms with Crippen molar-refractivity contribution in [1.82, 2.24) is 0 Å². The molecule has 0 aromatic heterocycles. The Labute approximate surface area is 145 Å². The molecule has 0 aliphatic heterocycles. The van der Waals surface area contributed by atoms with Gasteiger partial charge < -0.3 is 14.8 Å². The second kappa shape index (κ2) is 8.07. The number of anilines is 1. The molecular formula is C17H16Cl2N2O2. The number of hydrogen-bond acceptors (Lipinski definition) is 4. The molecule has 0 bridgehead atoms. The minimum Gasteiger partial charge on any atom is -0.496 e. The van der Waals surface area contributed by atoms with Crippen LogP contribution in [0.3, 0.4) is 0 Å². The van der Waals surface area contributed by atoms with Crippen LogP contribution in [0.5, 0.6) is 5.75 Å². The summed E-state index contributed by atoms with van der Waals surface area (Å²) in [5.74, 6) is 0.703. The van der Waals surface area contributed by atoms with E-state index in [0.717, 1.165) is 5.56 Å². The third-order valence-corrected chi connectivity index (χ3v) is 3.88. The molecule has 0 saturated heterocycles. The van der Waals surface area contributed by atoms with Gasteiger partial charge in [-0.2, -0.15) is 5.26 Å². The fraction of sp³-hybridized carbons (Fsp3) is 0.235. The van der Waals surface area contributed by atoms with E-state index in [2.05, 4.69) is 11.4 Å². The Balaban J connectivity index is 2.36. The first-order chi connectivity index (χ1) is 11.1. The average molecular weight is 351 g/mol. The van der Waals surface area contributed by atoms with Gasteiger partial charge in [0.15, 0.2) is 0 Å². The van der Waals surface area contributed by atoms with E-state index in [1.54, 1.807) is 38.5 Å². The lowest BCUT2D eigenvalue weighted by atomic mass is 10.1. The molecule has 1 atom stereocenters. The highest BCUT2D eigenvalue weighted by Gasteiger charge is 2.18. The van der Waals surface area contributed by atoms with Crippen molar-refractivity contribution < 1.29 is 9.47 Å². The average Bonchev–Trinajstić information content (AvgIpc) is 2.56. The second-order valence-corrected chi connectivity index (χ2v) is 5.69. The minimum absolute atomic E-state index is 0.209. The van der Waals surface area contributed by atoms with Gasteiger partial charge in [-0.1, -0.05) is 23.2 Å². The summed E-state index contributed by atoms with van der Waals surface area (Å²) in [5.41, 5.74) is 2.07. The zero-order valence-electron chi connectivity index (χ0n) is 12.8. The molecule has 1 N–H and O–H groups in total. The Morgan fingerprint density at radius 3 is 2.57 bits per heavy atom. The van der Waals surface area contributed by atoms with Crippen molar-refractivity contribution in [1.29, 1.82) is 5.26 Å². The first-order valence-electron chi connectivity index (χ1n) is 6.87. The Kier molecular flexibility index (Phi) is 6.12. The van der Waals surface area contributed by atoms with Crippen LogP contribution < -0.4 is 10.1 Å². The zero-order chi connectivity index (χ0) is 16.8. The van der Waals surface area contributed by atoms with Gasteiger partial charge in [0.1, 0.15) is 5.75 Å². The number of nitrogens with zero attached hydrogens (tertiary/aromatic N) is 1. The van der Waals surface area contributed by atoms with E-state index in [1.807, 2.05) is 12.1 Å². The lowest BCUT2D eigenvalue weighted by Crippen LogP contribution is -2.17. The van der Waals surface area contributed by atoms with Gasteiger partial charge in [0.2, 0.25) is 0 Å². The van der Waals surface area contributed by atoms with Gasteiger partial charge in [0.05, 0.1) is 42.1 Å². The van der Waals surface area contributed by atoms with Gasteiger partial charge >= 0.3 is 0 Å². The maximum Gasteiger partial charge on any atom is 0.124 e. The summed E-state index contributed by atoms with van der Waals surface area (Å²) in [4.78, 5) is 0. The van der Waals surface area contributed by atoms with E-state index in [9.17, 15) is 0 Å². The minimum atomic E-state index is -0.209. The molecule has 2 aromatic rings. The molecule has 0 aliphatic carbocycles. The third kappa shape index (κ3) is 4.29. The van der Waals surface area contributed by atoms with Crippen LogP contribution in [-0.2, 0) is 4.74 Å². The maximum absolute atomic E-state index is 8.92. The molecule has 4 nitrogen and oxygen atoms in total. The van der Waals surface area contributed by atoms with Gasteiger partial charge in [-0.25, -0.2) is 0 Å². The molecule has 0 amide bonds. The van der Waals surface area contributed by atoms with E-state index in [-0.39, 0.29) is 6.04 Å². The highest BCUT2D eigenvalue weighted by molar-refractivity contribution is 6.33. The van der Waals surface area contributed by atoms with Crippen LogP contribution in [0.25, 0.3) is 0 Å². The van der Waals surface area contributed by atoms with Gasteiger partial charge in [0, 0.05) is 17.7 Å². The summed E-state index contributed by atoms with van der Waals surface area (Å²) in [6, 6.07) is 12.3. The van der Waals surface area contributed by atoms with Crippen molar-refractivity contribution in [2.75, 3.05) is 26.1 Å². The maximum atomic E-state index is 8.92. The molecule has 2 aromatic carbocycles. The summed E-state index contributed by atoms with van der Waals surface area (Å²) >= 11 is 12.3. The predicted molar refractivity (Wildman–Crippen MR) is 92.4 cm³/mol. The van der Waals surface area contributed by atoms with Crippen LogP contribution in [0, 0.1) is 11.3 Å². The fourth-order valence-corrected chi connectivity index (χ4v) is 2.66. The SMILES string of the molecule is COC[C@H](Nc1ccc(C#N)cc1Cl)c1cc(Cl)ccc1OC. The summed E-state index contributed by atoms with van der Waals surface area (Å²) in [5, 5.41) is 13.3. The molecule has 0 radical (unpaired) electrons. The van der Waals surface area contributed by atoms with Gasteiger partial charge in [-0.3, -0.25) is 0 Å². The summed E-state index contributed by atoms with van der Waals surface area (Å²) in [6.45, 7) is 0.396. The summed E-state index contributed by atoms with van der Waals surface area (Å²) in [6.07, 6.45) is 0. The largest absolute Gasteiger partial charge is 0.496 e. The van der Waals surface area contributed by atoms with Crippen LogP contribution in [-0.4, -0.2) is 20.8 Å². The van der Waals surface area contributed by atoms with Crippen molar-refractivity contribution in [2.45, 2.75) is 6.04 Å². The monoisotopic (exact) mass is 350 g/mol. The van der Waals surface area contributed by atoms with Crippen molar-refractivity contribution in [3.05, 3.63) is 57.6 Å². The number of ether oxygens (including phenoxy) is 2. The number of halogens is 2. The fourth-order valence-electron chi connectivity index (χ4n) is 2.24. The molecule has 0 saturated carbocycles. The van der Waals surface area contributed by atoms with Gasteiger partial charge in [0.25, 0.3) is 0 Å². The molecule has 23 heavy (non-hydrogen) atoms. The zero-order valence-corrected chi connectivity index (χ0v) is 14.3. The van der Waals surface area contributed by atoms with Crippen LogP contribution in [0.4, 0.5) is 5.69 Å². The van der Waals surface area contributed by atoms with E-state index in [0.29, 0.717) is 33.7 Å². The predicted octanol–water partition coefficient (Wildman–Crippen LogP) is 4.67. The quantitative estimate of drug-likeness (QED) is 0.822. The van der Waals surface area contributed by atoms with Crippen molar-refractivity contribution in [2.24, 2.45) is 0 Å². The van der Waals surface area contributed by atoms with Gasteiger partial charge in [-0.15, -0.1) is 0 Å². The van der Waals surface area contributed by atoms with Crippen LogP contribution in [0.1, 0.15) is 17.2 Å². The Morgan fingerprint density at radius 1 is 1.17 bits per heavy atom. The molecular weight excluding hydrogens is 335 g/mol. The number of nitriles is 1. The van der Waals surface area contributed by atoms with Crippen molar-refractivity contribution in [3.63, 3.8) is 0 Å². The Hall–Kier alpha value is -1.93.